The first-order valence-corrected chi connectivity index (χ1v) is 6.52. The van der Waals surface area contributed by atoms with Crippen LogP contribution in [0.15, 0.2) is 47.2 Å². The van der Waals surface area contributed by atoms with Crippen LogP contribution in [0.1, 0.15) is 10.4 Å². The zero-order valence-electron chi connectivity index (χ0n) is 10.0. The van der Waals surface area contributed by atoms with Crippen molar-refractivity contribution in [2.75, 3.05) is 0 Å². The van der Waals surface area contributed by atoms with Gasteiger partial charge in [-0.3, -0.25) is 4.57 Å². The number of hydrogen-bond donors (Lipinski definition) is 1. The lowest BCUT2D eigenvalue weighted by Gasteiger charge is -2.09. The molecule has 1 N–H and O–H groups in total. The van der Waals surface area contributed by atoms with E-state index < -0.39 is 11.8 Å². The van der Waals surface area contributed by atoms with Crippen molar-refractivity contribution in [1.29, 1.82) is 0 Å². The second kappa shape index (κ2) is 4.72. The summed E-state index contributed by atoms with van der Waals surface area (Å²) >= 11 is 2.99. The van der Waals surface area contributed by atoms with E-state index in [1.807, 2.05) is 24.3 Å². The summed E-state index contributed by atoms with van der Waals surface area (Å²) in [5.41, 5.74) is 1.62. The molecule has 0 bridgehead atoms. The van der Waals surface area contributed by atoms with Gasteiger partial charge in [-0.05, 0) is 40.2 Å². The second-order valence-electron chi connectivity index (χ2n) is 4.17. The number of para-hydroxylation sites is 2. The number of aromatic carboxylic acids is 1. The number of hydrogen-bond acceptors (Lipinski definition) is 2. The number of rotatable bonds is 2. The van der Waals surface area contributed by atoms with Crippen molar-refractivity contribution in [1.82, 2.24) is 9.55 Å². The molecule has 2 aromatic carbocycles. The fourth-order valence-electron chi connectivity index (χ4n) is 2.04. The van der Waals surface area contributed by atoms with E-state index in [1.165, 1.54) is 18.5 Å². The van der Waals surface area contributed by atoms with Crippen LogP contribution in [0.5, 0.6) is 0 Å². The molecule has 3 aromatic rings. The van der Waals surface area contributed by atoms with Gasteiger partial charge in [-0.25, -0.2) is 14.2 Å². The molecule has 0 spiro atoms. The first-order valence-electron chi connectivity index (χ1n) is 5.73. The molecule has 0 atom stereocenters. The molecule has 6 heteroatoms. The molecular formula is C14H8BrFN2O2. The molecule has 0 aliphatic rings. The average Bonchev–Trinajstić information content (AvgIpc) is 2.85. The van der Waals surface area contributed by atoms with E-state index in [0.29, 0.717) is 0 Å². The van der Waals surface area contributed by atoms with Crippen molar-refractivity contribution in [3.63, 3.8) is 0 Å². The highest BCUT2D eigenvalue weighted by Crippen LogP contribution is 2.28. The molecular weight excluding hydrogens is 327 g/mol. The fraction of sp³-hybridized carbons (Fsp3) is 0. The Morgan fingerprint density at radius 1 is 1.25 bits per heavy atom. The minimum Gasteiger partial charge on any atom is -0.478 e. The quantitative estimate of drug-likeness (QED) is 0.778. The molecule has 0 amide bonds. The lowest BCUT2D eigenvalue weighted by atomic mass is 10.2. The molecule has 0 radical (unpaired) electrons. The Balaban J connectivity index is 2.25. The van der Waals surface area contributed by atoms with Gasteiger partial charge in [-0.15, -0.1) is 0 Å². The summed E-state index contributed by atoms with van der Waals surface area (Å²) in [6, 6.07) is 10.1. The van der Waals surface area contributed by atoms with Gasteiger partial charge in [0.15, 0.2) is 5.82 Å². The van der Waals surface area contributed by atoms with Gasteiger partial charge in [0, 0.05) is 0 Å². The van der Waals surface area contributed by atoms with Crippen LogP contribution in [0.3, 0.4) is 0 Å². The number of fused-ring (bicyclic) bond motifs is 1. The number of nitrogens with zero attached hydrogens (tertiary/aromatic N) is 2. The Hall–Kier alpha value is -2.21. The minimum atomic E-state index is -1.18. The van der Waals surface area contributed by atoms with E-state index in [9.17, 15) is 9.18 Å². The number of aromatic nitrogens is 2. The molecule has 0 fully saturated rings. The molecule has 0 aliphatic carbocycles. The Labute approximate surface area is 121 Å². The largest absolute Gasteiger partial charge is 0.478 e. The van der Waals surface area contributed by atoms with Crippen LogP contribution >= 0.6 is 15.9 Å². The van der Waals surface area contributed by atoms with Crippen LogP contribution in [0, 0.1) is 5.82 Å². The molecule has 1 heterocycles. The van der Waals surface area contributed by atoms with Gasteiger partial charge >= 0.3 is 5.97 Å². The van der Waals surface area contributed by atoms with Crippen LogP contribution in [0.2, 0.25) is 0 Å². The van der Waals surface area contributed by atoms with Crippen LogP contribution < -0.4 is 0 Å². The van der Waals surface area contributed by atoms with Gasteiger partial charge in [0.25, 0.3) is 0 Å². The lowest BCUT2D eigenvalue weighted by molar-refractivity contribution is 0.0695. The van der Waals surface area contributed by atoms with Crippen LogP contribution in [0.25, 0.3) is 16.7 Å². The predicted molar refractivity (Wildman–Crippen MR) is 75.7 cm³/mol. The summed E-state index contributed by atoms with van der Waals surface area (Å²) in [6.07, 6.45) is 1.51. The van der Waals surface area contributed by atoms with Gasteiger partial charge in [0.05, 0.1) is 26.8 Å². The van der Waals surface area contributed by atoms with E-state index in [4.69, 9.17) is 5.11 Å². The summed E-state index contributed by atoms with van der Waals surface area (Å²) in [6.45, 7) is 0. The molecule has 3 rings (SSSR count). The molecule has 20 heavy (non-hydrogen) atoms. The maximum Gasteiger partial charge on any atom is 0.336 e. The Kier molecular flexibility index (Phi) is 3.02. The zero-order valence-corrected chi connectivity index (χ0v) is 11.6. The summed E-state index contributed by atoms with van der Waals surface area (Å²) in [5.74, 6) is -1.81. The van der Waals surface area contributed by atoms with Crippen molar-refractivity contribution < 1.29 is 14.3 Å². The SMILES string of the molecule is O=C(O)c1ccc(-n2cnc3ccccc32)c(F)c1Br. The summed E-state index contributed by atoms with van der Waals surface area (Å²) in [4.78, 5) is 15.2. The number of carbonyl (C=O) groups is 1. The van der Waals surface area contributed by atoms with Gasteiger partial charge in [0.2, 0.25) is 0 Å². The standard InChI is InChI=1S/C14H8BrFN2O2/c15-12-8(14(19)20)5-6-11(13(12)16)18-7-17-9-3-1-2-4-10(9)18/h1-7H,(H,19,20). The first-order chi connectivity index (χ1) is 9.59. The van der Waals surface area contributed by atoms with Crippen LogP contribution in [-0.4, -0.2) is 20.6 Å². The Morgan fingerprint density at radius 2 is 2.00 bits per heavy atom. The fourth-order valence-corrected chi connectivity index (χ4v) is 2.55. The van der Waals surface area contributed by atoms with Crippen molar-refractivity contribution in [2.45, 2.75) is 0 Å². The second-order valence-corrected chi connectivity index (χ2v) is 4.96. The molecule has 0 unspecified atom stereocenters. The van der Waals surface area contributed by atoms with Gasteiger partial charge in [-0.2, -0.15) is 0 Å². The highest BCUT2D eigenvalue weighted by atomic mass is 79.9. The van der Waals surface area contributed by atoms with E-state index in [-0.39, 0.29) is 15.7 Å². The maximum atomic E-state index is 14.4. The first kappa shape index (κ1) is 12.8. The third-order valence-corrected chi connectivity index (χ3v) is 3.78. The van der Waals surface area contributed by atoms with Gasteiger partial charge < -0.3 is 5.11 Å². The number of carboxylic acids is 1. The number of benzene rings is 2. The van der Waals surface area contributed by atoms with Crippen molar-refractivity contribution >= 4 is 32.9 Å². The summed E-state index contributed by atoms with van der Waals surface area (Å²) in [7, 11) is 0. The zero-order chi connectivity index (χ0) is 14.3. The number of halogens is 2. The van der Waals surface area contributed by atoms with E-state index >= 15 is 0 Å². The normalized spacial score (nSPS) is 10.9. The predicted octanol–water partition coefficient (Wildman–Crippen LogP) is 3.63. The van der Waals surface area contributed by atoms with Crippen molar-refractivity contribution in [2.24, 2.45) is 0 Å². The number of carboxylic acid groups (broad SMARTS) is 1. The van der Waals surface area contributed by atoms with E-state index in [0.717, 1.165) is 11.0 Å². The van der Waals surface area contributed by atoms with Crippen LogP contribution in [0.4, 0.5) is 4.39 Å². The third-order valence-electron chi connectivity index (χ3n) is 3.01. The molecule has 0 aliphatic heterocycles. The Morgan fingerprint density at radius 3 is 2.75 bits per heavy atom. The maximum absolute atomic E-state index is 14.4. The molecule has 0 saturated carbocycles. The van der Waals surface area contributed by atoms with E-state index in [2.05, 4.69) is 20.9 Å². The lowest BCUT2D eigenvalue weighted by Crippen LogP contribution is -2.03. The van der Waals surface area contributed by atoms with E-state index in [1.54, 1.807) is 4.57 Å². The highest BCUT2D eigenvalue weighted by Gasteiger charge is 2.17. The molecule has 100 valence electrons. The summed E-state index contributed by atoms with van der Waals surface area (Å²) in [5, 5.41) is 8.97. The molecule has 1 aromatic heterocycles. The van der Waals surface area contributed by atoms with Crippen molar-refractivity contribution in [3.8, 4) is 5.69 Å². The molecule has 4 nitrogen and oxygen atoms in total. The Bertz CT molecular complexity index is 829. The van der Waals surface area contributed by atoms with Crippen LogP contribution in [-0.2, 0) is 0 Å². The smallest absolute Gasteiger partial charge is 0.336 e. The molecule has 0 saturated heterocycles. The van der Waals surface area contributed by atoms with Gasteiger partial charge in [0.1, 0.15) is 6.33 Å². The van der Waals surface area contributed by atoms with Crippen molar-refractivity contribution in [3.05, 3.63) is 58.6 Å². The third kappa shape index (κ3) is 1.89. The highest BCUT2D eigenvalue weighted by molar-refractivity contribution is 9.10. The number of imidazole rings is 1. The topological polar surface area (TPSA) is 55.1 Å². The minimum absolute atomic E-state index is 0.0692. The monoisotopic (exact) mass is 334 g/mol. The van der Waals surface area contributed by atoms with Gasteiger partial charge in [-0.1, -0.05) is 12.1 Å². The summed E-state index contributed by atoms with van der Waals surface area (Å²) < 4.78 is 15.9. The average molecular weight is 335 g/mol.